The monoisotopic (exact) mass is 239 g/mol. The highest BCUT2D eigenvalue weighted by molar-refractivity contribution is 7.09. The van der Waals surface area contributed by atoms with E-state index in [1.807, 2.05) is 19.5 Å². The minimum atomic E-state index is 0.443. The van der Waals surface area contributed by atoms with Gasteiger partial charge in [-0.2, -0.15) is 0 Å². The molecule has 0 unspecified atom stereocenters. The normalized spacial score (nSPS) is 10.6. The maximum atomic E-state index is 5.35. The Kier molecular flexibility index (Phi) is 3.47. The summed E-state index contributed by atoms with van der Waals surface area (Å²) in [4.78, 5) is 5.34. The molecule has 2 rings (SSSR count). The third-order valence-electron chi connectivity index (χ3n) is 2.04. The van der Waals surface area contributed by atoms with E-state index < -0.39 is 0 Å². The third kappa shape index (κ3) is 2.56. The lowest BCUT2D eigenvalue weighted by atomic mass is 10.4. The maximum Gasteiger partial charge on any atom is 0.315 e. The topological polar surface area (TPSA) is 75.9 Å². The molecule has 0 spiro atoms. The second-order valence-electron chi connectivity index (χ2n) is 3.25. The van der Waals surface area contributed by atoms with E-state index in [0.717, 1.165) is 5.69 Å². The van der Waals surface area contributed by atoms with Gasteiger partial charge in [-0.15, -0.1) is 16.4 Å². The average Bonchev–Trinajstić information content (AvgIpc) is 2.86. The summed E-state index contributed by atoms with van der Waals surface area (Å²) < 4.78 is 5.35. The van der Waals surface area contributed by atoms with Crippen LogP contribution < -0.4 is 10.6 Å². The molecule has 0 saturated carbocycles. The molecule has 0 aliphatic rings. The van der Waals surface area contributed by atoms with Gasteiger partial charge in [0.25, 0.3) is 0 Å². The predicted octanol–water partition coefficient (Wildman–Crippen LogP) is 1.17. The Balaban J connectivity index is 1.92. The van der Waals surface area contributed by atoms with Crippen molar-refractivity contribution in [1.82, 2.24) is 20.5 Å². The van der Waals surface area contributed by atoms with Crippen LogP contribution in [0.1, 0.15) is 16.5 Å². The van der Waals surface area contributed by atoms with Gasteiger partial charge in [-0.3, -0.25) is 0 Å². The molecule has 6 nitrogen and oxygen atoms in total. The van der Waals surface area contributed by atoms with Gasteiger partial charge >= 0.3 is 6.01 Å². The number of anilines is 1. The van der Waals surface area contributed by atoms with E-state index in [-0.39, 0.29) is 0 Å². The lowest BCUT2D eigenvalue weighted by molar-refractivity contribution is 0.489. The Morgan fingerprint density at radius 2 is 2.25 bits per heavy atom. The molecule has 0 fully saturated rings. The van der Waals surface area contributed by atoms with Crippen molar-refractivity contribution in [3.05, 3.63) is 22.0 Å². The molecule has 0 radical (unpaired) electrons. The highest BCUT2D eigenvalue weighted by Crippen LogP contribution is 2.14. The van der Waals surface area contributed by atoms with Gasteiger partial charge in [-0.05, 0) is 14.0 Å². The molecule has 2 aromatic heterocycles. The van der Waals surface area contributed by atoms with E-state index in [9.17, 15) is 0 Å². The fraction of sp³-hybridized carbons (Fsp3) is 0.444. The van der Waals surface area contributed by atoms with E-state index in [1.54, 1.807) is 11.3 Å². The van der Waals surface area contributed by atoms with Crippen LogP contribution in [0.4, 0.5) is 6.01 Å². The van der Waals surface area contributed by atoms with Gasteiger partial charge in [0.05, 0.1) is 24.3 Å². The molecule has 0 saturated heterocycles. The molecular weight excluding hydrogens is 226 g/mol. The maximum absolute atomic E-state index is 5.35. The summed E-state index contributed by atoms with van der Waals surface area (Å²) in [5.74, 6) is 0.575. The van der Waals surface area contributed by atoms with Gasteiger partial charge in [-0.25, -0.2) is 4.98 Å². The second-order valence-corrected chi connectivity index (χ2v) is 4.19. The summed E-state index contributed by atoms with van der Waals surface area (Å²) in [7, 11) is 1.83. The molecule has 0 aliphatic heterocycles. The minimum Gasteiger partial charge on any atom is -0.407 e. The van der Waals surface area contributed by atoms with Crippen molar-refractivity contribution in [3.63, 3.8) is 0 Å². The Hall–Kier alpha value is -1.47. The zero-order chi connectivity index (χ0) is 11.4. The smallest absolute Gasteiger partial charge is 0.315 e. The molecule has 0 amide bonds. The van der Waals surface area contributed by atoms with Crippen LogP contribution in [-0.2, 0) is 13.1 Å². The number of rotatable bonds is 5. The lowest BCUT2D eigenvalue weighted by Crippen LogP contribution is -2.04. The van der Waals surface area contributed by atoms with Crippen LogP contribution in [0.5, 0.6) is 0 Å². The number of hydrogen-bond acceptors (Lipinski definition) is 7. The highest BCUT2D eigenvalue weighted by Gasteiger charge is 2.06. The molecule has 0 aromatic carbocycles. The second kappa shape index (κ2) is 5.04. The van der Waals surface area contributed by atoms with Crippen molar-refractivity contribution in [3.8, 4) is 0 Å². The van der Waals surface area contributed by atoms with Gasteiger partial charge in [0.2, 0.25) is 5.89 Å². The Morgan fingerprint density at radius 1 is 1.38 bits per heavy atom. The molecule has 16 heavy (non-hydrogen) atoms. The highest BCUT2D eigenvalue weighted by atomic mass is 32.1. The van der Waals surface area contributed by atoms with Crippen LogP contribution in [0.3, 0.4) is 0 Å². The molecule has 2 heterocycles. The first-order chi connectivity index (χ1) is 7.79. The first-order valence-electron chi connectivity index (χ1n) is 4.89. The van der Waals surface area contributed by atoms with Gasteiger partial charge in [-0.1, -0.05) is 5.10 Å². The van der Waals surface area contributed by atoms with E-state index >= 15 is 0 Å². The van der Waals surface area contributed by atoms with E-state index in [2.05, 4.69) is 25.8 Å². The molecule has 0 atom stereocenters. The fourth-order valence-corrected chi connectivity index (χ4v) is 1.92. The van der Waals surface area contributed by atoms with Crippen LogP contribution in [0.25, 0.3) is 0 Å². The van der Waals surface area contributed by atoms with Crippen LogP contribution in [0.2, 0.25) is 0 Å². The number of aromatic nitrogens is 3. The van der Waals surface area contributed by atoms with Crippen LogP contribution >= 0.6 is 11.3 Å². The summed E-state index contributed by atoms with van der Waals surface area (Å²) in [6.45, 7) is 3.22. The molecule has 86 valence electrons. The van der Waals surface area contributed by atoms with Gasteiger partial charge in [0, 0.05) is 4.88 Å². The number of nitrogens with zero attached hydrogens (tertiary/aromatic N) is 3. The summed E-state index contributed by atoms with van der Waals surface area (Å²) in [6.07, 6.45) is 0. The van der Waals surface area contributed by atoms with Gasteiger partial charge < -0.3 is 15.1 Å². The lowest BCUT2D eigenvalue weighted by Gasteiger charge is -1.98. The zero-order valence-corrected chi connectivity index (χ0v) is 9.97. The molecule has 2 aromatic rings. The first kappa shape index (κ1) is 11.0. The Morgan fingerprint density at radius 3 is 2.94 bits per heavy atom. The molecular formula is C9H13N5OS. The van der Waals surface area contributed by atoms with Crippen molar-refractivity contribution in [2.24, 2.45) is 0 Å². The summed E-state index contributed by atoms with van der Waals surface area (Å²) in [6, 6.07) is 0.443. The number of nitrogens with one attached hydrogen (secondary N) is 2. The molecule has 2 N–H and O–H groups in total. The molecule has 7 heteroatoms. The molecule has 0 aliphatic carbocycles. The number of aryl methyl sites for hydroxylation is 1. The average molecular weight is 239 g/mol. The van der Waals surface area contributed by atoms with Gasteiger partial charge in [0.15, 0.2) is 0 Å². The third-order valence-corrected chi connectivity index (χ3v) is 2.97. The van der Waals surface area contributed by atoms with Crippen molar-refractivity contribution in [1.29, 1.82) is 0 Å². The Bertz CT molecular complexity index is 452. The van der Waals surface area contributed by atoms with Crippen LogP contribution in [-0.4, -0.2) is 22.2 Å². The van der Waals surface area contributed by atoms with Crippen LogP contribution in [0, 0.1) is 6.92 Å². The summed E-state index contributed by atoms with van der Waals surface area (Å²) in [5, 5.41) is 13.8. The molecule has 0 bridgehead atoms. The van der Waals surface area contributed by atoms with Crippen LogP contribution in [0.15, 0.2) is 9.93 Å². The van der Waals surface area contributed by atoms with Crippen molar-refractivity contribution in [2.45, 2.75) is 20.0 Å². The first-order valence-corrected chi connectivity index (χ1v) is 5.77. The van der Waals surface area contributed by atoms with Gasteiger partial charge in [0.1, 0.15) is 0 Å². The predicted molar refractivity (Wildman–Crippen MR) is 61.2 cm³/mol. The largest absolute Gasteiger partial charge is 0.407 e. The van der Waals surface area contributed by atoms with Crippen molar-refractivity contribution in [2.75, 3.05) is 12.4 Å². The number of thiazole rings is 1. The number of hydrogen-bond donors (Lipinski definition) is 2. The SMILES string of the molecule is CNCc1nnc(NCc2scnc2C)o1. The van der Waals surface area contributed by atoms with E-state index in [0.29, 0.717) is 25.0 Å². The Labute approximate surface area is 97.1 Å². The van der Waals surface area contributed by atoms with E-state index in [4.69, 9.17) is 4.42 Å². The standard InChI is InChI=1S/C9H13N5OS/c1-6-7(16-5-12-6)3-11-9-14-13-8(15-9)4-10-2/h5,10H,3-4H2,1-2H3,(H,11,14). The fourth-order valence-electron chi connectivity index (χ4n) is 1.20. The summed E-state index contributed by atoms with van der Waals surface area (Å²) >= 11 is 1.61. The zero-order valence-electron chi connectivity index (χ0n) is 9.15. The quantitative estimate of drug-likeness (QED) is 0.815. The minimum absolute atomic E-state index is 0.443. The van der Waals surface area contributed by atoms with Crippen molar-refractivity contribution >= 4 is 17.4 Å². The van der Waals surface area contributed by atoms with E-state index in [1.165, 1.54) is 4.88 Å². The summed E-state index contributed by atoms with van der Waals surface area (Å²) in [5.41, 5.74) is 2.86. The van der Waals surface area contributed by atoms with Crippen molar-refractivity contribution < 1.29 is 4.42 Å².